The SMILES string of the molecule is COc1ccc2cc([C@@H](C)Nc3ncc(C#N)c(OC)n3)c(=O)[nH]c2c1Cl. The van der Waals surface area contributed by atoms with Gasteiger partial charge in [-0.15, -0.1) is 0 Å². The lowest BCUT2D eigenvalue weighted by Crippen LogP contribution is -2.20. The van der Waals surface area contributed by atoms with Crippen LogP contribution in [0.15, 0.2) is 29.2 Å². The van der Waals surface area contributed by atoms with Crippen molar-refractivity contribution in [3.63, 3.8) is 0 Å². The second-order valence-corrected chi connectivity index (χ2v) is 6.07. The van der Waals surface area contributed by atoms with E-state index in [1.54, 1.807) is 19.1 Å². The number of aromatic nitrogens is 3. The van der Waals surface area contributed by atoms with Gasteiger partial charge in [-0.1, -0.05) is 11.6 Å². The lowest BCUT2D eigenvalue weighted by Gasteiger charge is -2.15. The molecular weight excluding hydrogens is 370 g/mol. The molecule has 2 heterocycles. The zero-order chi connectivity index (χ0) is 19.6. The predicted octanol–water partition coefficient (Wildman–Crippen LogP) is 3.03. The Bertz CT molecular complexity index is 1110. The fourth-order valence-corrected chi connectivity index (χ4v) is 2.95. The van der Waals surface area contributed by atoms with Gasteiger partial charge in [0.2, 0.25) is 11.8 Å². The van der Waals surface area contributed by atoms with Gasteiger partial charge in [-0.05, 0) is 25.1 Å². The second kappa shape index (κ2) is 7.51. The molecule has 0 amide bonds. The van der Waals surface area contributed by atoms with Gasteiger partial charge >= 0.3 is 0 Å². The Morgan fingerprint density at radius 2 is 2.11 bits per heavy atom. The Morgan fingerprint density at radius 3 is 2.78 bits per heavy atom. The highest BCUT2D eigenvalue weighted by Gasteiger charge is 2.16. The largest absolute Gasteiger partial charge is 0.495 e. The lowest BCUT2D eigenvalue weighted by atomic mass is 10.1. The quantitative estimate of drug-likeness (QED) is 0.693. The van der Waals surface area contributed by atoms with Crippen LogP contribution < -0.4 is 20.3 Å². The fourth-order valence-electron chi connectivity index (χ4n) is 2.66. The average Bonchev–Trinajstić information content (AvgIpc) is 2.68. The molecule has 8 nitrogen and oxygen atoms in total. The third kappa shape index (κ3) is 3.50. The Balaban J connectivity index is 1.96. The number of rotatable bonds is 5. The number of H-pyrrole nitrogens is 1. The molecule has 0 aliphatic rings. The van der Waals surface area contributed by atoms with Crippen LogP contribution in [-0.4, -0.2) is 29.2 Å². The van der Waals surface area contributed by atoms with Crippen LogP contribution >= 0.6 is 11.6 Å². The molecule has 0 bridgehead atoms. The Kier molecular flexibility index (Phi) is 5.14. The van der Waals surface area contributed by atoms with Crippen LogP contribution in [-0.2, 0) is 0 Å². The van der Waals surface area contributed by atoms with Gasteiger partial charge in [0.1, 0.15) is 22.4 Å². The highest BCUT2D eigenvalue weighted by Crippen LogP contribution is 2.31. The van der Waals surface area contributed by atoms with Crippen molar-refractivity contribution in [2.75, 3.05) is 19.5 Å². The Hall–Kier alpha value is -3.31. The number of halogens is 1. The summed E-state index contributed by atoms with van der Waals surface area (Å²) in [6, 6.07) is 6.84. The Labute approximate surface area is 159 Å². The van der Waals surface area contributed by atoms with E-state index in [0.717, 1.165) is 5.39 Å². The number of fused-ring (bicyclic) bond motifs is 1. The molecule has 0 saturated carbocycles. The predicted molar refractivity (Wildman–Crippen MR) is 101 cm³/mol. The zero-order valence-corrected chi connectivity index (χ0v) is 15.6. The van der Waals surface area contributed by atoms with Gasteiger partial charge in [0.05, 0.1) is 32.0 Å². The summed E-state index contributed by atoms with van der Waals surface area (Å²) in [5.74, 6) is 0.885. The molecule has 0 unspecified atom stereocenters. The molecule has 1 aromatic carbocycles. The number of hydrogen-bond acceptors (Lipinski definition) is 7. The first kappa shape index (κ1) is 18.5. The van der Waals surface area contributed by atoms with E-state index < -0.39 is 6.04 Å². The number of nitrogens with one attached hydrogen (secondary N) is 2. The van der Waals surface area contributed by atoms with E-state index in [1.807, 2.05) is 12.1 Å². The van der Waals surface area contributed by atoms with Crippen molar-refractivity contribution in [2.45, 2.75) is 13.0 Å². The molecular formula is C18H16ClN5O3. The second-order valence-electron chi connectivity index (χ2n) is 5.69. The van der Waals surface area contributed by atoms with Crippen LogP contribution in [0.5, 0.6) is 11.6 Å². The van der Waals surface area contributed by atoms with Gasteiger partial charge in [0.25, 0.3) is 5.56 Å². The molecule has 27 heavy (non-hydrogen) atoms. The van der Waals surface area contributed by atoms with E-state index in [-0.39, 0.29) is 23.0 Å². The lowest BCUT2D eigenvalue weighted by molar-refractivity contribution is 0.396. The molecule has 2 N–H and O–H groups in total. The van der Waals surface area contributed by atoms with Gasteiger partial charge in [-0.25, -0.2) is 4.98 Å². The summed E-state index contributed by atoms with van der Waals surface area (Å²) in [7, 11) is 2.93. The highest BCUT2D eigenvalue weighted by molar-refractivity contribution is 6.36. The Morgan fingerprint density at radius 1 is 1.33 bits per heavy atom. The van der Waals surface area contributed by atoms with Crippen LogP contribution in [0.4, 0.5) is 5.95 Å². The maximum atomic E-state index is 12.5. The summed E-state index contributed by atoms with van der Waals surface area (Å²) in [6.07, 6.45) is 1.36. The minimum atomic E-state index is -0.406. The number of anilines is 1. The summed E-state index contributed by atoms with van der Waals surface area (Å²) in [5.41, 5.74) is 0.921. The number of methoxy groups -OCH3 is 2. The van der Waals surface area contributed by atoms with Crippen molar-refractivity contribution in [2.24, 2.45) is 0 Å². The van der Waals surface area contributed by atoms with Gasteiger partial charge in [0, 0.05) is 10.9 Å². The molecule has 2 aromatic heterocycles. The van der Waals surface area contributed by atoms with E-state index in [0.29, 0.717) is 21.9 Å². The number of hydrogen-bond donors (Lipinski definition) is 2. The summed E-state index contributed by atoms with van der Waals surface area (Å²) in [5, 5.41) is 13.2. The molecule has 1 atom stereocenters. The summed E-state index contributed by atoms with van der Waals surface area (Å²) >= 11 is 6.27. The van der Waals surface area contributed by atoms with Crippen molar-refractivity contribution < 1.29 is 9.47 Å². The zero-order valence-electron chi connectivity index (χ0n) is 14.8. The van der Waals surface area contributed by atoms with Crippen molar-refractivity contribution in [1.29, 1.82) is 5.26 Å². The minimum absolute atomic E-state index is 0.161. The number of benzene rings is 1. The molecule has 0 fully saturated rings. The van der Waals surface area contributed by atoms with Crippen LogP contribution in [0.25, 0.3) is 10.9 Å². The van der Waals surface area contributed by atoms with Crippen molar-refractivity contribution in [1.82, 2.24) is 15.0 Å². The van der Waals surface area contributed by atoms with Crippen molar-refractivity contribution >= 4 is 28.5 Å². The molecule has 3 rings (SSSR count). The number of nitrogens with zero attached hydrogens (tertiary/aromatic N) is 3. The maximum Gasteiger partial charge on any atom is 0.253 e. The topological polar surface area (TPSA) is 113 Å². The van der Waals surface area contributed by atoms with Crippen LogP contribution in [0.1, 0.15) is 24.1 Å². The average molecular weight is 386 g/mol. The van der Waals surface area contributed by atoms with Crippen molar-refractivity contribution in [3.8, 4) is 17.7 Å². The summed E-state index contributed by atoms with van der Waals surface area (Å²) in [6.45, 7) is 1.80. The van der Waals surface area contributed by atoms with E-state index in [2.05, 4.69) is 20.3 Å². The highest BCUT2D eigenvalue weighted by atomic mass is 35.5. The van der Waals surface area contributed by atoms with Crippen LogP contribution in [0, 0.1) is 11.3 Å². The minimum Gasteiger partial charge on any atom is -0.495 e. The van der Waals surface area contributed by atoms with Gasteiger partial charge < -0.3 is 19.8 Å². The third-order valence-corrected chi connectivity index (χ3v) is 4.43. The van der Waals surface area contributed by atoms with E-state index >= 15 is 0 Å². The first-order valence-electron chi connectivity index (χ1n) is 7.95. The monoisotopic (exact) mass is 385 g/mol. The third-order valence-electron chi connectivity index (χ3n) is 4.05. The van der Waals surface area contributed by atoms with E-state index in [4.69, 9.17) is 26.3 Å². The van der Waals surface area contributed by atoms with Crippen LogP contribution in [0.3, 0.4) is 0 Å². The van der Waals surface area contributed by atoms with Gasteiger partial charge in [-0.2, -0.15) is 10.2 Å². The smallest absolute Gasteiger partial charge is 0.253 e. The summed E-state index contributed by atoms with van der Waals surface area (Å²) < 4.78 is 10.2. The number of pyridine rings is 1. The molecule has 0 aliphatic carbocycles. The first-order valence-corrected chi connectivity index (χ1v) is 8.33. The van der Waals surface area contributed by atoms with E-state index in [9.17, 15) is 4.79 Å². The van der Waals surface area contributed by atoms with E-state index in [1.165, 1.54) is 20.4 Å². The molecule has 0 radical (unpaired) electrons. The van der Waals surface area contributed by atoms with Gasteiger partial charge in [0.15, 0.2) is 0 Å². The number of nitriles is 1. The standard InChI is InChI=1S/C18H16ClN5O3/c1-9(22-18-21-8-11(7-20)17(24-18)27-3)12-6-10-4-5-13(26-2)14(19)15(10)23-16(12)25/h4-6,8-9H,1-3H3,(H,23,25)(H,21,22,24)/t9-/m1/s1. The fraction of sp³-hybridized carbons (Fsp3) is 0.222. The van der Waals surface area contributed by atoms with Crippen LogP contribution in [0.2, 0.25) is 5.02 Å². The normalized spacial score (nSPS) is 11.7. The molecule has 0 spiro atoms. The van der Waals surface area contributed by atoms with Crippen molar-refractivity contribution in [3.05, 3.63) is 50.9 Å². The summed E-state index contributed by atoms with van der Waals surface area (Å²) in [4.78, 5) is 23.5. The maximum absolute atomic E-state index is 12.5. The molecule has 138 valence electrons. The first-order chi connectivity index (χ1) is 13.0. The molecule has 3 aromatic rings. The molecule has 0 aliphatic heterocycles. The molecule has 0 saturated heterocycles. The molecule has 9 heteroatoms. The number of ether oxygens (including phenoxy) is 2. The number of aromatic amines is 1. The van der Waals surface area contributed by atoms with Gasteiger partial charge in [-0.3, -0.25) is 4.79 Å².